The molecule has 0 radical (unpaired) electrons. The molecule has 1 aliphatic rings. The Morgan fingerprint density at radius 1 is 1.05 bits per heavy atom. The lowest BCUT2D eigenvalue weighted by Gasteiger charge is -2.26. The number of carbonyl (C=O) groups excluding carboxylic acids is 1. The Kier molecular flexibility index (Phi) is 5.10. The Labute approximate surface area is 126 Å². The van der Waals surface area contributed by atoms with Gasteiger partial charge in [0.05, 0.1) is 21.3 Å². The van der Waals surface area contributed by atoms with E-state index in [0.717, 1.165) is 19.3 Å². The second-order valence-electron chi connectivity index (χ2n) is 5.75. The molecule has 21 heavy (non-hydrogen) atoms. The van der Waals surface area contributed by atoms with Gasteiger partial charge in [-0.05, 0) is 30.9 Å². The third-order valence-corrected chi connectivity index (χ3v) is 4.26. The molecule has 4 nitrogen and oxygen atoms in total. The summed E-state index contributed by atoms with van der Waals surface area (Å²) in [5.74, 6) is 2.49. The zero-order chi connectivity index (χ0) is 15.4. The molecular formula is C17H24O4. The lowest BCUT2D eigenvalue weighted by atomic mass is 9.79. The number of benzene rings is 1. The molecule has 0 saturated heterocycles. The first kappa shape index (κ1) is 15.7. The van der Waals surface area contributed by atoms with Crippen molar-refractivity contribution in [3.63, 3.8) is 0 Å². The summed E-state index contributed by atoms with van der Waals surface area (Å²) in [6.07, 6.45) is 4.29. The second-order valence-corrected chi connectivity index (χ2v) is 5.75. The Bertz CT molecular complexity index is 485. The summed E-state index contributed by atoms with van der Waals surface area (Å²) in [5.41, 5.74) is 0.642. The number of methoxy groups -OCH3 is 3. The molecule has 0 spiro atoms. The van der Waals surface area contributed by atoms with Crippen LogP contribution in [0.2, 0.25) is 0 Å². The molecular weight excluding hydrogens is 268 g/mol. The van der Waals surface area contributed by atoms with Gasteiger partial charge < -0.3 is 14.2 Å². The van der Waals surface area contributed by atoms with Gasteiger partial charge >= 0.3 is 0 Å². The van der Waals surface area contributed by atoms with Gasteiger partial charge in [-0.1, -0.05) is 19.8 Å². The predicted octanol–water partition coefficient (Wildman–Crippen LogP) is 3.72. The molecule has 1 aliphatic carbocycles. The third-order valence-electron chi connectivity index (χ3n) is 4.26. The first-order valence-corrected chi connectivity index (χ1v) is 7.44. The van der Waals surface area contributed by atoms with Gasteiger partial charge in [-0.2, -0.15) is 0 Å². The number of hydrogen-bond donors (Lipinski definition) is 0. The molecule has 0 bridgehead atoms. The molecule has 2 atom stereocenters. The Hall–Kier alpha value is -1.71. The topological polar surface area (TPSA) is 44.8 Å². The predicted molar refractivity (Wildman–Crippen MR) is 81.6 cm³/mol. The summed E-state index contributed by atoms with van der Waals surface area (Å²) in [5, 5.41) is 0. The first-order chi connectivity index (χ1) is 10.1. The standard InChI is InChI=1S/C17H24O4/c1-11-6-5-7-12(8-11)16(18)13-9-14(19-2)17(21-4)15(10-13)20-3/h9-12H,5-8H2,1-4H3. The fraction of sp³-hybridized carbons (Fsp3) is 0.588. The van der Waals surface area contributed by atoms with Crippen LogP contribution in [0.25, 0.3) is 0 Å². The summed E-state index contributed by atoms with van der Waals surface area (Å²) < 4.78 is 15.9. The molecule has 1 aromatic rings. The van der Waals surface area contributed by atoms with Crippen LogP contribution in [0.5, 0.6) is 17.2 Å². The summed E-state index contributed by atoms with van der Waals surface area (Å²) in [4.78, 5) is 12.7. The Morgan fingerprint density at radius 2 is 1.67 bits per heavy atom. The largest absolute Gasteiger partial charge is 0.493 e. The van der Waals surface area contributed by atoms with Gasteiger partial charge in [-0.25, -0.2) is 0 Å². The molecule has 1 aromatic carbocycles. The van der Waals surface area contributed by atoms with E-state index < -0.39 is 0 Å². The van der Waals surface area contributed by atoms with Crippen LogP contribution in [0, 0.1) is 11.8 Å². The van der Waals surface area contributed by atoms with Crippen molar-refractivity contribution in [3.05, 3.63) is 17.7 Å². The van der Waals surface area contributed by atoms with Gasteiger partial charge in [0, 0.05) is 11.5 Å². The van der Waals surface area contributed by atoms with Gasteiger partial charge in [0.25, 0.3) is 0 Å². The molecule has 0 amide bonds. The Morgan fingerprint density at radius 3 is 2.14 bits per heavy atom. The summed E-state index contributed by atoms with van der Waals surface area (Å²) in [6, 6.07) is 3.51. The van der Waals surface area contributed by atoms with Gasteiger partial charge in [-0.15, -0.1) is 0 Å². The van der Waals surface area contributed by atoms with E-state index in [9.17, 15) is 4.79 Å². The van der Waals surface area contributed by atoms with Crippen LogP contribution in [0.15, 0.2) is 12.1 Å². The van der Waals surface area contributed by atoms with Crippen molar-refractivity contribution in [2.24, 2.45) is 11.8 Å². The molecule has 4 heteroatoms. The highest BCUT2D eigenvalue weighted by atomic mass is 16.5. The molecule has 1 fully saturated rings. The third kappa shape index (κ3) is 3.31. The van der Waals surface area contributed by atoms with Crippen molar-refractivity contribution < 1.29 is 19.0 Å². The lowest BCUT2D eigenvalue weighted by Crippen LogP contribution is -2.22. The van der Waals surface area contributed by atoms with E-state index in [1.807, 2.05) is 0 Å². The van der Waals surface area contributed by atoms with Crippen LogP contribution in [0.1, 0.15) is 43.0 Å². The average Bonchev–Trinajstić information content (AvgIpc) is 2.52. The minimum Gasteiger partial charge on any atom is -0.493 e. The van der Waals surface area contributed by atoms with E-state index in [2.05, 4.69) is 6.92 Å². The highest BCUT2D eigenvalue weighted by molar-refractivity contribution is 5.99. The van der Waals surface area contributed by atoms with E-state index in [-0.39, 0.29) is 11.7 Å². The maximum absolute atomic E-state index is 12.7. The fourth-order valence-corrected chi connectivity index (χ4v) is 3.13. The minimum absolute atomic E-state index is 0.108. The molecule has 0 aromatic heterocycles. The SMILES string of the molecule is COc1cc(C(=O)C2CCCC(C)C2)cc(OC)c1OC. The summed E-state index contributed by atoms with van der Waals surface area (Å²) in [6.45, 7) is 2.22. The number of Topliss-reactive ketones (excluding diaryl/α,β-unsaturated/α-hetero) is 1. The quantitative estimate of drug-likeness (QED) is 0.776. The zero-order valence-electron chi connectivity index (χ0n) is 13.3. The first-order valence-electron chi connectivity index (χ1n) is 7.44. The van der Waals surface area contributed by atoms with Gasteiger partial charge in [0.2, 0.25) is 5.75 Å². The van der Waals surface area contributed by atoms with Gasteiger partial charge in [-0.3, -0.25) is 4.79 Å². The maximum atomic E-state index is 12.7. The van der Waals surface area contributed by atoms with Crippen LogP contribution in [-0.2, 0) is 0 Å². The molecule has 116 valence electrons. The molecule has 2 rings (SSSR count). The van der Waals surface area contributed by atoms with E-state index >= 15 is 0 Å². The van der Waals surface area contributed by atoms with Crippen LogP contribution in [-0.4, -0.2) is 27.1 Å². The Balaban J connectivity index is 2.32. The van der Waals surface area contributed by atoms with Gasteiger partial charge in [0.1, 0.15) is 0 Å². The summed E-state index contributed by atoms with van der Waals surface area (Å²) in [7, 11) is 4.69. The maximum Gasteiger partial charge on any atom is 0.203 e. The van der Waals surface area contributed by atoms with Crippen LogP contribution in [0.3, 0.4) is 0 Å². The average molecular weight is 292 g/mol. The fourth-order valence-electron chi connectivity index (χ4n) is 3.13. The number of hydrogen-bond acceptors (Lipinski definition) is 4. The van der Waals surface area contributed by atoms with E-state index in [4.69, 9.17) is 14.2 Å². The highest BCUT2D eigenvalue weighted by Crippen LogP contribution is 2.40. The van der Waals surface area contributed by atoms with Crippen molar-refractivity contribution in [1.29, 1.82) is 0 Å². The summed E-state index contributed by atoms with van der Waals surface area (Å²) >= 11 is 0. The van der Waals surface area contributed by atoms with Crippen molar-refractivity contribution in [1.82, 2.24) is 0 Å². The molecule has 0 heterocycles. The van der Waals surface area contributed by atoms with Crippen molar-refractivity contribution in [2.75, 3.05) is 21.3 Å². The van der Waals surface area contributed by atoms with Crippen molar-refractivity contribution in [3.8, 4) is 17.2 Å². The lowest BCUT2D eigenvalue weighted by molar-refractivity contribution is 0.0867. The van der Waals surface area contributed by atoms with Crippen molar-refractivity contribution in [2.45, 2.75) is 32.6 Å². The van der Waals surface area contributed by atoms with Crippen LogP contribution < -0.4 is 14.2 Å². The smallest absolute Gasteiger partial charge is 0.203 e. The molecule has 2 unspecified atom stereocenters. The van der Waals surface area contributed by atoms with Crippen LogP contribution in [0.4, 0.5) is 0 Å². The van der Waals surface area contributed by atoms with Gasteiger partial charge in [0.15, 0.2) is 17.3 Å². The number of carbonyl (C=O) groups is 1. The monoisotopic (exact) mass is 292 g/mol. The van der Waals surface area contributed by atoms with E-state index in [0.29, 0.717) is 28.7 Å². The van der Waals surface area contributed by atoms with E-state index in [1.54, 1.807) is 33.5 Å². The molecule has 1 saturated carbocycles. The highest BCUT2D eigenvalue weighted by Gasteiger charge is 2.27. The normalized spacial score (nSPS) is 21.7. The van der Waals surface area contributed by atoms with Crippen molar-refractivity contribution >= 4 is 5.78 Å². The van der Waals surface area contributed by atoms with Crippen LogP contribution >= 0.6 is 0 Å². The molecule has 0 N–H and O–H groups in total. The van der Waals surface area contributed by atoms with E-state index in [1.165, 1.54) is 6.42 Å². The number of rotatable bonds is 5. The number of ketones is 1. The molecule has 0 aliphatic heterocycles. The number of ether oxygens (including phenoxy) is 3. The minimum atomic E-state index is 0.108. The zero-order valence-corrected chi connectivity index (χ0v) is 13.3. The second kappa shape index (κ2) is 6.83.